The van der Waals surface area contributed by atoms with Gasteiger partial charge in [-0.3, -0.25) is 14.2 Å². The van der Waals surface area contributed by atoms with Gasteiger partial charge in [-0.25, -0.2) is 4.98 Å². The topological polar surface area (TPSA) is 106 Å². The Bertz CT molecular complexity index is 999. The molecule has 0 unspecified atom stereocenters. The van der Waals surface area contributed by atoms with Crippen molar-refractivity contribution >= 4 is 22.8 Å². The molecule has 7 heteroatoms. The van der Waals surface area contributed by atoms with Crippen molar-refractivity contribution in [2.45, 2.75) is 6.54 Å². The van der Waals surface area contributed by atoms with Crippen molar-refractivity contribution in [1.29, 1.82) is 0 Å². The van der Waals surface area contributed by atoms with Crippen LogP contribution in [0.25, 0.3) is 22.2 Å². The van der Waals surface area contributed by atoms with Gasteiger partial charge in [-0.2, -0.15) is 0 Å². The van der Waals surface area contributed by atoms with Gasteiger partial charge in [-0.1, -0.05) is 12.1 Å². The fraction of sp³-hybridized carbons (Fsp3) is 0.133. The molecule has 22 heavy (non-hydrogen) atoms. The number of rotatable bonds is 1. The number of hydrogen-bond donors (Lipinski definition) is 3. The molecular formula is C15H13N5O2. The number of nitrogens with one attached hydrogen (secondary N) is 2. The Morgan fingerprint density at radius 2 is 2.09 bits per heavy atom. The van der Waals surface area contributed by atoms with Gasteiger partial charge >= 0.3 is 0 Å². The summed E-state index contributed by atoms with van der Waals surface area (Å²) in [5.41, 5.74) is 9.12. The number of hydrogen-bond acceptors (Lipinski definition) is 4. The molecule has 0 spiro atoms. The maximum atomic E-state index is 12.3. The van der Waals surface area contributed by atoms with E-state index in [0.29, 0.717) is 23.0 Å². The highest BCUT2D eigenvalue weighted by molar-refractivity contribution is 6.01. The Morgan fingerprint density at radius 3 is 2.86 bits per heavy atom. The molecule has 0 atom stereocenters. The number of nitrogens with two attached hydrogens (primary N) is 1. The summed E-state index contributed by atoms with van der Waals surface area (Å²) >= 11 is 0. The van der Waals surface area contributed by atoms with E-state index in [9.17, 15) is 9.59 Å². The van der Waals surface area contributed by atoms with Crippen LogP contribution < -0.4 is 16.6 Å². The number of nitrogen functional groups attached to an aromatic ring is 1. The zero-order valence-corrected chi connectivity index (χ0v) is 11.8. The minimum Gasteiger partial charge on any atom is -0.369 e. The first-order valence-corrected chi connectivity index (χ1v) is 6.82. The van der Waals surface area contributed by atoms with Crippen molar-refractivity contribution in [2.24, 2.45) is 7.05 Å². The molecule has 3 aromatic rings. The number of anilines is 1. The molecule has 7 nitrogen and oxygen atoms in total. The molecule has 0 fully saturated rings. The van der Waals surface area contributed by atoms with Crippen LogP contribution in [0, 0.1) is 0 Å². The van der Waals surface area contributed by atoms with Crippen LogP contribution in [0.2, 0.25) is 0 Å². The molecule has 1 aliphatic rings. The van der Waals surface area contributed by atoms with Crippen LogP contribution >= 0.6 is 0 Å². The van der Waals surface area contributed by atoms with E-state index in [1.165, 1.54) is 4.57 Å². The summed E-state index contributed by atoms with van der Waals surface area (Å²) in [6, 6.07) is 7.15. The van der Waals surface area contributed by atoms with Crippen LogP contribution in [0.3, 0.4) is 0 Å². The molecule has 0 saturated heterocycles. The van der Waals surface area contributed by atoms with Gasteiger partial charge in [0.15, 0.2) is 0 Å². The maximum absolute atomic E-state index is 12.3. The molecule has 4 N–H and O–H groups in total. The summed E-state index contributed by atoms with van der Waals surface area (Å²) in [6.45, 7) is 0.482. The number of carbonyl (C=O) groups excluding carboxylic acids is 1. The fourth-order valence-corrected chi connectivity index (χ4v) is 2.78. The third-order valence-electron chi connectivity index (χ3n) is 4.00. The highest BCUT2D eigenvalue weighted by atomic mass is 16.2. The number of aromatic amines is 1. The van der Waals surface area contributed by atoms with Crippen molar-refractivity contribution in [3.63, 3.8) is 0 Å². The Morgan fingerprint density at radius 1 is 1.27 bits per heavy atom. The number of carbonyl (C=O) groups is 1. The van der Waals surface area contributed by atoms with Crippen LogP contribution in [0.4, 0.5) is 5.95 Å². The van der Waals surface area contributed by atoms with Crippen LogP contribution in [0.5, 0.6) is 0 Å². The SMILES string of the molecule is Cn1c(N)nc2c(-c3cc4c([nH]3)CNC4=O)cccc2c1=O. The monoisotopic (exact) mass is 295 g/mol. The van der Waals surface area contributed by atoms with Crippen LogP contribution in [0.1, 0.15) is 16.1 Å². The van der Waals surface area contributed by atoms with Gasteiger partial charge in [0.25, 0.3) is 11.5 Å². The molecule has 1 amide bonds. The van der Waals surface area contributed by atoms with E-state index < -0.39 is 0 Å². The normalized spacial score (nSPS) is 13.4. The predicted octanol–water partition coefficient (Wildman–Crippen LogP) is 0.754. The average molecular weight is 295 g/mol. The summed E-state index contributed by atoms with van der Waals surface area (Å²) in [4.78, 5) is 31.5. The number of benzene rings is 1. The van der Waals surface area contributed by atoms with Gasteiger partial charge < -0.3 is 16.0 Å². The third kappa shape index (κ3) is 1.59. The van der Waals surface area contributed by atoms with Crippen LogP contribution in [0.15, 0.2) is 29.1 Å². The molecular weight excluding hydrogens is 282 g/mol. The van der Waals surface area contributed by atoms with E-state index in [1.807, 2.05) is 6.07 Å². The Hall–Kier alpha value is -3.09. The summed E-state index contributed by atoms with van der Waals surface area (Å²) < 4.78 is 1.31. The molecule has 0 aliphatic carbocycles. The number of H-pyrrole nitrogens is 1. The van der Waals surface area contributed by atoms with Crippen molar-refractivity contribution in [2.75, 3.05) is 5.73 Å². The first kappa shape index (κ1) is 12.6. The Balaban J connectivity index is 2.02. The summed E-state index contributed by atoms with van der Waals surface area (Å²) in [6.07, 6.45) is 0. The minimum absolute atomic E-state index is 0.0962. The molecule has 1 aromatic carbocycles. The van der Waals surface area contributed by atoms with Gasteiger partial charge in [-0.15, -0.1) is 0 Å². The number of para-hydroxylation sites is 1. The lowest BCUT2D eigenvalue weighted by Crippen LogP contribution is -2.21. The van der Waals surface area contributed by atoms with Gasteiger partial charge in [0, 0.05) is 24.0 Å². The van der Waals surface area contributed by atoms with Gasteiger partial charge in [-0.05, 0) is 12.1 Å². The molecule has 110 valence electrons. The van der Waals surface area contributed by atoms with Crippen molar-refractivity contribution < 1.29 is 4.79 Å². The second kappa shape index (κ2) is 4.20. The number of amides is 1. The largest absolute Gasteiger partial charge is 0.369 e. The second-order valence-electron chi connectivity index (χ2n) is 5.29. The number of nitrogens with zero attached hydrogens (tertiary/aromatic N) is 2. The Kier molecular flexibility index (Phi) is 2.41. The molecule has 1 aliphatic heterocycles. The molecule has 0 saturated carbocycles. The summed E-state index contributed by atoms with van der Waals surface area (Å²) in [7, 11) is 1.59. The smallest absolute Gasteiger partial charge is 0.262 e. The highest BCUT2D eigenvalue weighted by Crippen LogP contribution is 2.29. The minimum atomic E-state index is -0.193. The molecule has 2 aromatic heterocycles. The summed E-state index contributed by atoms with van der Waals surface area (Å²) in [5.74, 6) is 0.0583. The first-order valence-electron chi connectivity index (χ1n) is 6.82. The molecule has 0 radical (unpaired) electrons. The zero-order chi connectivity index (χ0) is 15.4. The van der Waals surface area contributed by atoms with Gasteiger partial charge in [0.1, 0.15) is 0 Å². The van der Waals surface area contributed by atoms with E-state index in [1.54, 1.807) is 25.2 Å². The lowest BCUT2D eigenvalue weighted by Gasteiger charge is -2.08. The van der Waals surface area contributed by atoms with Gasteiger partial charge in [0.2, 0.25) is 5.95 Å². The van der Waals surface area contributed by atoms with Crippen LogP contribution in [-0.4, -0.2) is 20.4 Å². The zero-order valence-electron chi connectivity index (χ0n) is 11.8. The number of fused-ring (bicyclic) bond motifs is 2. The second-order valence-corrected chi connectivity index (χ2v) is 5.29. The molecule has 3 heterocycles. The van der Waals surface area contributed by atoms with E-state index >= 15 is 0 Å². The summed E-state index contributed by atoms with van der Waals surface area (Å²) in [5, 5.41) is 3.24. The van der Waals surface area contributed by atoms with Crippen molar-refractivity contribution in [1.82, 2.24) is 19.9 Å². The maximum Gasteiger partial charge on any atom is 0.262 e. The fourth-order valence-electron chi connectivity index (χ4n) is 2.78. The van der Waals surface area contributed by atoms with E-state index in [-0.39, 0.29) is 17.4 Å². The first-order chi connectivity index (χ1) is 10.6. The van der Waals surface area contributed by atoms with Gasteiger partial charge in [0.05, 0.1) is 23.0 Å². The standard InChI is InChI=1S/C15H13N5O2/c1-20-14(22)8-4-2-3-7(12(8)19-15(20)16)10-5-9-11(18-10)6-17-13(9)21/h2-5,18H,6H2,1H3,(H2,16,19)(H,17,21). The van der Waals surface area contributed by atoms with E-state index in [4.69, 9.17) is 5.73 Å². The highest BCUT2D eigenvalue weighted by Gasteiger charge is 2.23. The van der Waals surface area contributed by atoms with E-state index in [0.717, 1.165) is 17.0 Å². The lowest BCUT2D eigenvalue weighted by atomic mass is 10.1. The quantitative estimate of drug-likeness (QED) is 0.616. The number of aromatic nitrogens is 3. The predicted molar refractivity (Wildman–Crippen MR) is 82.4 cm³/mol. The lowest BCUT2D eigenvalue weighted by molar-refractivity contribution is 0.0966. The Labute approximate surface area is 124 Å². The van der Waals surface area contributed by atoms with Crippen molar-refractivity contribution in [3.05, 3.63) is 45.9 Å². The molecule has 0 bridgehead atoms. The van der Waals surface area contributed by atoms with Crippen LogP contribution in [-0.2, 0) is 13.6 Å². The average Bonchev–Trinajstić information content (AvgIpc) is 3.07. The third-order valence-corrected chi connectivity index (χ3v) is 4.00. The molecule has 4 rings (SSSR count). The van der Waals surface area contributed by atoms with E-state index in [2.05, 4.69) is 15.3 Å². The van der Waals surface area contributed by atoms with Crippen molar-refractivity contribution in [3.8, 4) is 11.3 Å².